The normalized spacial score (nSPS) is 11.1. The van der Waals surface area contributed by atoms with E-state index in [1.165, 1.54) is 32.5 Å². The van der Waals surface area contributed by atoms with Gasteiger partial charge in [0.05, 0.1) is 26.1 Å². The Balaban J connectivity index is 0.00000342. The van der Waals surface area contributed by atoms with Gasteiger partial charge in [0, 0.05) is 30.1 Å². The molecule has 2 aromatic heterocycles. The van der Waals surface area contributed by atoms with E-state index in [0.717, 1.165) is 3.97 Å². The molecule has 0 spiro atoms. The van der Waals surface area contributed by atoms with Crippen molar-refractivity contribution in [1.82, 2.24) is 14.3 Å². The first-order valence-corrected chi connectivity index (χ1v) is 11.9. The summed E-state index contributed by atoms with van der Waals surface area (Å²) in [6, 6.07) is 14.3. The van der Waals surface area contributed by atoms with Gasteiger partial charge in [-0.05, 0) is 54.6 Å². The van der Waals surface area contributed by atoms with E-state index in [-0.39, 0.29) is 34.3 Å². The van der Waals surface area contributed by atoms with Gasteiger partial charge in [0.15, 0.2) is 0 Å². The Bertz CT molecular complexity index is 1440. The average Bonchev–Trinajstić information content (AvgIpc) is 3.28. The van der Waals surface area contributed by atoms with E-state index in [2.05, 4.69) is 10.3 Å². The highest BCUT2D eigenvalue weighted by molar-refractivity contribution is 7.90. The van der Waals surface area contributed by atoms with E-state index in [1.807, 2.05) is 0 Å². The molecule has 0 saturated heterocycles. The minimum atomic E-state index is -4.18. The van der Waals surface area contributed by atoms with Crippen LogP contribution in [-0.2, 0) is 16.6 Å². The van der Waals surface area contributed by atoms with Crippen LogP contribution < -0.4 is 14.8 Å². The topological polar surface area (TPSA) is 82.5 Å². The second-order valence-corrected chi connectivity index (χ2v) is 9.31. The number of hydrogen-bond acceptors (Lipinski definition) is 6. The molecule has 35 heavy (non-hydrogen) atoms. The van der Waals surface area contributed by atoms with E-state index < -0.39 is 15.8 Å². The smallest absolute Gasteiger partial charge is 0.271 e. The maximum Gasteiger partial charge on any atom is 0.271 e. The average molecular weight is 518 g/mol. The molecule has 0 saturated carbocycles. The summed E-state index contributed by atoms with van der Waals surface area (Å²) in [5.74, 6) is 0.195. The maximum atomic E-state index is 14.7. The highest BCUT2D eigenvalue weighted by atomic mass is 35.5. The number of pyridine rings is 1. The monoisotopic (exact) mass is 517 g/mol. The summed E-state index contributed by atoms with van der Waals surface area (Å²) in [5, 5.41) is 3.00. The number of aromatic nitrogens is 2. The summed E-state index contributed by atoms with van der Waals surface area (Å²) < 4.78 is 54.3. The lowest BCUT2D eigenvalue weighted by molar-refractivity contribution is 0.402. The second-order valence-electron chi connectivity index (χ2n) is 7.52. The molecular formula is C25H25ClFN3O4S. The third-order valence-corrected chi connectivity index (χ3v) is 7.05. The zero-order valence-electron chi connectivity index (χ0n) is 19.4. The van der Waals surface area contributed by atoms with Gasteiger partial charge in [-0.1, -0.05) is 18.2 Å². The van der Waals surface area contributed by atoms with Crippen molar-refractivity contribution in [2.45, 2.75) is 11.4 Å². The van der Waals surface area contributed by atoms with Crippen molar-refractivity contribution in [3.8, 4) is 33.9 Å². The van der Waals surface area contributed by atoms with Crippen LogP contribution in [-0.4, -0.2) is 38.6 Å². The van der Waals surface area contributed by atoms with Crippen molar-refractivity contribution in [3.05, 3.63) is 84.6 Å². The molecule has 4 aromatic rings. The van der Waals surface area contributed by atoms with Crippen LogP contribution in [0.25, 0.3) is 22.4 Å². The molecule has 0 aliphatic rings. The maximum absolute atomic E-state index is 14.7. The van der Waals surface area contributed by atoms with Crippen molar-refractivity contribution in [1.29, 1.82) is 0 Å². The van der Waals surface area contributed by atoms with Gasteiger partial charge in [-0.15, -0.1) is 12.4 Å². The van der Waals surface area contributed by atoms with Gasteiger partial charge in [-0.2, -0.15) is 0 Å². The molecule has 0 radical (unpaired) electrons. The van der Waals surface area contributed by atoms with E-state index in [0.29, 0.717) is 29.0 Å². The summed E-state index contributed by atoms with van der Waals surface area (Å²) in [5.41, 5.74) is 2.38. The van der Waals surface area contributed by atoms with Crippen molar-refractivity contribution in [3.63, 3.8) is 0 Å². The summed E-state index contributed by atoms with van der Waals surface area (Å²) in [7, 11) is 0.513. The minimum absolute atomic E-state index is 0. The highest BCUT2D eigenvalue weighted by Crippen LogP contribution is 2.35. The minimum Gasteiger partial charge on any atom is -0.495 e. The Labute approximate surface area is 210 Å². The summed E-state index contributed by atoms with van der Waals surface area (Å²) in [6.45, 7) is 0.413. The largest absolute Gasteiger partial charge is 0.495 e. The summed E-state index contributed by atoms with van der Waals surface area (Å²) in [6.07, 6.45) is 4.67. The van der Waals surface area contributed by atoms with Gasteiger partial charge in [0.1, 0.15) is 22.2 Å². The van der Waals surface area contributed by atoms with Crippen LogP contribution >= 0.6 is 12.4 Å². The van der Waals surface area contributed by atoms with Crippen LogP contribution in [0.2, 0.25) is 0 Å². The molecule has 0 aliphatic carbocycles. The Morgan fingerprint density at radius 2 is 1.77 bits per heavy atom. The Morgan fingerprint density at radius 3 is 2.46 bits per heavy atom. The van der Waals surface area contributed by atoms with Crippen LogP contribution in [0.4, 0.5) is 4.39 Å². The lowest BCUT2D eigenvalue weighted by Gasteiger charge is -2.15. The van der Waals surface area contributed by atoms with E-state index in [4.69, 9.17) is 9.47 Å². The molecule has 0 aliphatic heterocycles. The number of methoxy groups -OCH3 is 2. The Hall–Kier alpha value is -3.40. The van der Waals surface area contributed by atoms with Crippen LogP contribution in [0.1, 0.15) is 5.56 Å². The van der Waals surface area contributed by atoms with Crippen LogP contribution in [0, 0.1) is 5.82 Å². The molecule has 0 fully saturated rings. The number of nitrogens with one attached hydrogen (secondary N) is 1. The summed E-state index contributed by atoms with van der Waals surface area (Å²) >= 11 is 0. The third-order valence-electron chi connectivity index (χ3n) is 5.36. The van der Waals surface area contributed by atoms with Gasteiger partial charge < -0.3 is 14.8 Å². The highest BCUT2D eigenvalue weighted by Gasteiger charge is 2.27. The molecule has 0 atom stereocenters. The van der Waals surface area contributed by atoms with Gasteiger partial charge in [0.25, 0.3) is 10.0 Å². The summed E-state index contributed by atoms with van der Waals surface area (Å²) in [4.78, 5) is 4.10. The van der Waals surface area contributed by atoms with E-state index in [1.54, 1.807) is 61.9 Å². The predicted octanol–water partition coefficient (Wildman–Crippen LogP) is 4.75. The first-order valence-electron chi connectivity index (χ1n) is 10.4. The zero-order valence-corrected chi connectivity index (χ0v) is 21.0. The molecule has 2 aromatic carbocycles. The van der Waals surface area contributed by atoms with Gasteiger partial charge in [-0.3, -0.25) is 4.98 Å². The third kappa shape index (κ3) is 5.17. The second kappa shape index (κ2) is 10.9. The lowest BCUT2D eigenvalue weighted by Crippen LogP contribution is -2.15. The van der Waals surface area contributed by atoms with Gasteiger partial charge >= 0.3 is 0 Å². The molecule has 10 heteroatoms. The molecule has 1 N–H and O–H groups in total. The van der Waals surface area contributed by atoms with Crippen molar-refractivity contribution < 1.29 is 22.3 Å². The van der Waals surface area contributed by atoms with Gasteiger partial charge in [0.2, 0.25) is 0 Å². The van der Waals surface area contributed by atoms with Crippen LogP contribution in [0.3, 0.4) is 0 Å². The number of rotatable bonds is 8. The molecular weight excluding hydrogens is 493 g/mol. The SMILES string of the molecule is CNCc1cc(-c2ccccc2F)n(S(=O)(=O)c2cc(-c3cncc(OC)c3)ccc2OC)c1.Cl. The number of hydrogen-bond donors (Lipinski definition) is 1. The fraction of sp³-hybridized carbons (Fsp3) is 0.160. The molecule has 0 unspecified atom stereocenters. The number of ether oxygens (including phenoxy) is 2. The predicted molar refractivity (Wildman–Crippen MR) is 135 cm³/mol. The van der Waals surface area contributed by atoms with Crippen molar-refractivity contribution >= 4 is 22.4 Å². The number of benzene rings is 2. The molecule has 4 rings (SSSR count). The molecule has 2 heterocycles. The van der Waals surface area contributed by atoms with Gasteiger partial charge in [-0.25, -0.2) is 16.8 Å². The van der Waals surface area contributed by atoms with Crippen LogP contribution in [0.5, 0.6) is 11.5 Å². The van der Waals surface area contributed by atoms with E-state index in [9.17, 15) is 12.8 Å². The van der Waals surface area contributed by atoms with Crippen molar-refractivity contribution in [2.24, 2.45) is 0 Å². The molecule has 7 nitrogen and oxygen atoms in total. The number of nitrogens with zero attached hydrogens (tertiary/aromatic N) is 2. The molecule has 0 amide bonds. The molecule has 0 bridgehead atoms. The van der Waals surface area contributed by atoms with Crippen LogP contribution in [0.15, 0.2) is 78.1 Å². The fourth-order valence-corrected chi connectivity index (χ4v) is 5.29. The van der Waals surface area contributed by atoms with Crippen molar-refractivity contribution in [2.75, 3.05) is 21.3 Å². The first-order chi connectivity index (χ1) is 16.4. The van der Waals surface area contributed by atoms with E-state index >= 15 is 0 Å². The first kappa shape index (κ1) is 26.2. The Kier molecular flexibility index (Phi) is 8.16. The Morgan fingerprint density at radius 1 is 1.00 bits per heavy atom. The quantitative estimate of drug-likeness (QED) is 0.363. The zero-order chi connectivity index (χ0) is 24.3. The fourth-order valence-electron chi connectivity index (χ4n) is 3.71. The lowest BCUT2D eigenvalue weighted by atomic mass is 10.1. The molecule has 184 valence electrons. The number of halogens is 2. The standard InChI is InChI=1S/C25H24FN3O4S.ClH/c1-27-13-17-10-23(21-6-4-5-7-22(21)26)29(16-17)34(30,31)25-12-18(8-9-24(25)33-3)19-11-20(32-2)15-28-14-19;/h4-12,14-16,27H,13H2,1-3H3;1H.